The van der Waals surface area contributed by atoms with Crippen molar-refractivity contribution in [1.29, 1.82) is 0 Å². The van der Waals surface area contributed by atoms with E-state index in [1.807, 2.05) is 6.07 Å². The average molecular weight is 234 g/mol. The Bertz CT molecular complexity index is 452. The number of nitro groups is 1. The molecule has 0 amide bonds. The third-order valence-electron chi connectivity index (χ3n) is 4.39. The number of nitrogens with one attached hydrogen (secondary N) is 1. The number of hydrogen-bond acceptors (Lipinski definition) is 3. The highest BCUT2D eigenvalue weighted by Gasteiger charge is 2.64. The second-order valence-corrected chi connectivity index (χ2v) is 5.83. The highest BCUT2D eigenvalue weighted by Crippen LogP contribution is 2.63. The summed E-state index contributed by atoms with van der Waals surface area (Å²) in [5.41, 5.74) is 1.39. The fourth-order valence-electron chi connectivity index (χ4n) is 2.43. The SMILES string of the molecule is CC1(C)C(Nc2cccc([N+](=O)[O-])c2)C1(C)C. The van der Waals surface area contributed by atoms with Crippen LogP contribution in [0.25, 0.3) is 0 Å². The lowest BCUT2D eigenvalue weighted by atomic mass is 10.0. The monoisotopic (exact) mass is 234 g/mol. The Morgan fingerprint density at radius 1 is 1.24 bits per heavy atom. The van der Waals surface area contributed by atoms with E-state index in [-0.39, 0.29) is 21.4 Å². The summed E-state index contributed by atoms with van der Waals surface area (Å²) in [6.45, 7) is 8.84. The van der Waals surface area contributed by atoms with Crippen molar-refractivity contribution in [2.45, 2.75) is 33.7 Å². The van der Waals surface area contributed by atoms with Crippen LogP contribution in [0.4, 0.5) is 11.4 Å². The molecule has 0 atom stereocenters. The predicted molar refractivity (Wildman–Crippen MR) is 68.1 cm³/mol. The van der Waals surface area contributed by atoms with Crippen molar-refractivity contribution in [3.63, 3.8) is 0 Å². The highest BCUT2D eigenvalue weighted by atomic mass is 16.6. The van der Waals surface area contributed by atoms with Gasteiger partial charge >= 0.3 is 0 Å². The zero-order valence-corrected chi connectivity index (χ0v) is 10.7. The van der Waals surface area contributed by atoms with Crippen LogP contribution >= 0.6 is 0 Å². The molecule has 1 aromatic carbocycles. The molecule has 1 fully saturated rings. The third kappa shape index (κ3) is 1.77. The molecule has 0 spiro atoms. The number of rotatable bonds is 3. The molecule has 1 aromatic rings. The van der Waals surface area contributed by atoms with E-state index in [0.29, 0.717) is 6.04 Å². The first kappa shape index (κ1) is 11.9. The van der Waals surface area contributed by atoms with E-state index < -0.39 is 0 Å². The number of nitro benzene ring substituents is 1. The molecule has 2 rings (SSSR count). The molecular formula is C13H18N2O2. The maximum Gasteiger partial charge on any atom is 0.271 e. The summed E-state index contributed by atoms with van der Waals surface area (Å²) in [6.07, 6.45) is 0. The molecule has 0 unspecified atom stereocenters. The first-order valence-corrected chi connectivity index (χ1v) is 5.78. The van der Waals surface area contributed by atoms with Crippen molar-refractivity contribution < 1.29 is 4.92 Å². The fourth-order valence-corrected chi connectivity index (χ4v) is 2.43. The third-order valence-corrected chi connectivity index (χ3v) is 4.39. The zero-order valence-electron chi connectivity index (χ0n) is 10.7. The van der Waals surface area contributed by atoms with Gasteiger partial charge in [0, 0.05) is 23.9 Å². The lowest BCUT2D eigenvalue weighted by molar-refractivity contribution is -0.384. The Kier molecular flexibility index (Phi) is 2.42. The van der Waals surface area contributed by atoms with Gasteiger partial charge < -0.3 is 5.32 Å². The van der Waals surface area contributed by atoms with Gasteiger partial charge in [-0.05, 0) is 16.9 Å². The minimum Gasteiger partial charge on any atom is -0.381 e. The van der Waals surface area contributed by atoms with Crippen molar-refractivity contribution >= 4 is 11.4 Å². The number of anilines is 1. The van der Waals surface area contributed by atoms with Crippen molar-refractivity contribution in [1.82, 2.24) is 0 Å². The van der Waals surface area contributed by atoms with Crippen LogP contribution in [0.5, 0.6) is 0 Å². The van der Waals surface area contributed by atoms with E-state index in [2.05, 4.69) is 33.0 Å². The summed E-state index contributed by atoms with van der Waals surface area (Å²) < 4.78 is 0. The Hall–Kier alpha value is -1.58. The standard InChI is InChI=1S/C13H18N2O2/c1-12(2)11(13(12,3)4)14-9-6-5-7-10(8-9)15(16)17/h5-8,11,14H,1-4H3. The summed E-state index contributed by atoms with van der Waals surface area (Å²) in [6, 6.07) is 7.04. The Morgan fingerprint density at radius 2 is 1.82 bits per heavy atom. The topological polar surface area (TPSA) is 55.2 Å². The molecular weight excluding hydrogens is 216 g/mol. The van der Waals surface area contributed by atoms with Gasteiger partial charge in [-0.15, -0.1) is 0 Å². The van der Waals surface area contributed by atoms with Crippen LogP contribution in [0.3, 0.4) is 0 Å². The molecule has 0 aliphatic heterocycles. The van der Waals surface area contributed by atoms with Crippen molar-refractivity contribution in [2.24, 2.45) is 10.8 Å². The minimum absolute atomic E-state index is 0.131. The van der Waals surface area contributed by atoms with Crippen LogP contribution in [0.1, 0.15) is 27.7 Å². The molecule has 1 saturated carbocycles. The second kappa shape index (κ2) is 3.45. The predicted octanol–water partition coefficient (Wildman–Crippen LogP) is 3.44. The summed E-state index contributed by atoms with van der Waals surface area (Å²) in [5, 5.41) is 14.1. The van der Waals surface area contributed by atoms with Gasteiger partial charge in [-0.25, -0.2) is 0 Å². The van der Waals surface area contributed by atoms with E-state index in [1.165, 1.54) is 6.07 Å². The molecule has 17 heavy (non-hydrogen) atoms. The molecule has 1 aliphatic carbocycles. The van der Waals surface area contributed by atoms with Gasteiger partial charge in [-0.1, -0.05) is 33.8 Å². The molecule has 0 saturated heterocycles. The van der Waals surface area contributed by atoms with Crippen molar-refractivity contribution in [3.05, 3.63) is 34.4 Å². The van der Waals surface area contributed by atoms with Crippen molar-refractivity contribution in [2.75, 3.05) is 5.32 Å². The van der Waals surface area contributed by atoms with Crippen LogP contribution in [0.2, 0.25) is 0 Å². The minimum atomic E-state index is -0.367. The van der Waals surface area contributed by atoms with Gasteiger partial charge in [0.25, 0.3) is 5.69 Å². The van der Waals surface area contributed by atoms with Gasteiger partial charge in [0.1, 0.15) is 0 Å². The van der Waals surface area contributed by atoms with Crippen LogP contribution in [0, 0.1) is 20.9 Å². The van der Waals surface area contributed by atoms with Gasteiger partial charge in [0.05, 0.1) is 4.92 Å². The quantitative estimate of drug-likeness (QED) is 0.643. The Morgan fingerprint density at radius 3 is 2.29 bits per heavy atom. The molecule has 1 aliphatic rings. The lowest BCUT2D eigenvalue weighted by Crippen LogP contribution is -2.09. The van der Waals surface area contributed by atoms with E-state index in [4.69, 9.17) is 0 Å². The number of nitrogens with zero attached hydrogens (tertiary/aromatic N) is 1. The Balaban J connectivity index is 2.16. The normalized spacial score (nSPS) is 20.9. The number of hydrogen-bond donors (Lipinski definition) is 1. The van der Waals surface area contributed by atoms with Gasteiger partial charge in [0.2, 0.25) is 0 Å². The lowest BCUT2D eigenvalue weighted by Gasteiger charge is -2.07. The first-order chi connectivity index (χ1) is 7.76. The molecule has 92 valence electrons. The largest absolute Gasteiger partial charge is 0.381 e. The zero-order chi connectivity index (χ0) is 12.8. The van der Waals surface area contributed by atoms with E-state index in [9.17, 15) is 10.1 Å². The molecule has 0 radical (unpaired) electrons. The average Bonchev–Trinajstić information content (AvgIpc) is 2.61. The molecule has 0 bridgehead atoms. The van der Waals surface area contributed by atoms with Crippen LogP contribution in [0.15, 0.2) is 24.3 Å². The summed E-state index contributed by atoms with van der Waals surface area (Å²) in [5.74, 6) is 0. The Labute approximate surface area is 101 Å². The summed E-state index contributed by atoms with van der Waals surface area (Å²) in [7, 11) is 0. The van der Waals surface area contributed by atoms with Crippen LogP contribution in [-0.4, -0.2) is 11.0 Å². The van der Waals surface area contributed by atoms with Gasteiger partial charge in [0.15, 0.2) is 0 Å². The maximum atomic E-state index is 10.7. The van der Waals surface area contributed by atoms with Crippen LogP contribution < -0.4 is 5.32 Å². The summed E-state index contributed by atoms with van der Waals surface area (Å²) >= 11 is 0. The van der Waals surface area contributed by atoms with Crippen LogP contribution in [-0.2, 0) is 0 Å². The maximum absolute atomic E-state index is 10.7. The smallest absolute Gasteiger partial charge is 0.271 e. The van der Waals surface area contributed by atoms with Crippen molar-refractivity contribution in [3.8, 4) is 0 Å². The van der Waals surface area contributed by atoms with E-state index >= 15 is 0 Å². The molecule has 4 nitrogen and oxygen atoms in total. The number of non-ortho nitro benzene ring substituents is 1. The van der Waals surface area contributed by atoms with E-state index in [1.54, 1.807) is 12.1 Å². The summed E-state index contributed by atoms with van der Waals surface area (Å²) in [4.78, 5) is 10.3. The fraction of sp³-hybridized carbons (Fsp3) is 0.538. The highest BCUT2D eigenvalue weighted by molar-refractivity contribution is 5.53. The van der Waals surface area contributed by atoms with Gasteiger partial charge in [-0.3, -0.25) is 10.1 Å². The molecule has 4 heteroatoms. The first-order valence-electron chi connectivity index (χ1n) is 5.78. The number of benzene rings is 1. The van der Waals surface area contributed by atoms with E-state index in [0.717, 1.165) is 5.69 Å². The molecule has 0 aromatic heterocycles. The van der Waals surface area contributed by atoms with Gasteiger partial charge in [-0.2, -0.15) is 0 Å². The molecule has 1 N–H and O–H groups in total. The second-order valence-electron chi connectivity index (χ2n) is 5.83. The molecule has 0 heterocycles.